The third-order valence-electron chi connectivity index (χ3n) is 11.9. The van der Waals surface area contributed by atoms with Crippen LogP contribution in [-0.2, 0) is 14.0 Å². The lowest BCUT2D eigenvalue weighted by molar-refractivity contribution is -0.146. The molecule has 3 fully saturated rings. The van der Waals surface area contributed by atoms with E-state index in [0.29, 0.717) is 35.9 Å². The van der Waals surface area contributed by atoms with E-state index in [4.69, 9.17) is 9.16 Å². The fourth-order valence-electron chi connectivity index (χ4n) is 8.91. The fraction of sp³-hybridized carbons (Fsp3) is 0.903. The second-order valence-electron chi connectivity index (χ2n) is 14.6. The van der Waals surface area contributed by atoms with Crippen molar-refractivity contribution < 1.29 is 14.0 Å². The summed E-state index contributed by atoms with van der Waals surface area (Å²) in [7, 11) is -1.74. The zero-order chi connectivity index (χ0) is 25.8. The van der Waals surface area contributed by atoms with E-state index in [-0.39, 0.29) is 11.0 Å². The summed E-state index contributed by atoms with van der Waals surface area (Å²) >= 11 is 0. The number of carbonyl (C=O) groups excluding carboxylic acids is 1. The largest absolute Gasteiger partial charge is 0.466 e. The van der Waals surface area contributed by atoms with Crippen LogP contribution >= 0.6 is 0 Å². The summed E-state index contributed by atoms with van der Waals surface area (Å²) in [6.07, 6.45) is 13.7. The topological polar surface area (TPSA) is 35.5 Å². The standard InChI is InChI=1S/C31H54O3Si/c1-10-21-18-23(20-27(32)33-11-2)31(7)17-15-26-25(28(21)31)13-12-22-19-24(14-16-30(22,26)6)34-35(8,9)29(3,4)5/h12,21,23-26,28H,10-11,13-20H2,1-9H3/t21?,23-,24?,25-,26+,28+,30+,31-/m1/s1. The van der Waals surface area contributed by atoms with Crippen molar-refractivity contribution >= 4 is 14.3 Å². The molecule has 4 aliphatic carbocycles. The SMILES string of the molecule is CCOC(=O)C[C@H]1CC(CC)[C@H]2[C@@H]3CC=C4CC(O[Si](C)(C)C(C)(C)C)CC[C@]4(C)[C@H]3CC[C@]12C. The van der Waals surface area contributed by atoms with E-state index in [0.717, 1.165) is 30.1 Å². The summed E-state index contributed by atoms with van der Waals surface area (Å²) < 4.78 is 12.3. The monoisotopic (exact) mass is 502 g/mol. The number of ether oxygens (including phenoxy) is 1. The molecule has 0 aromatic carbocycles. The molecule has 0 heterocycles. The van der Waals surface area contributed by atoms with Gasteiger partial charge in [-0.05, 0) is 110 Å². The number of allylic oxidation sites excluding steroid dienone is 1. The predicted octanol–water partition coefficient (Wildman–Crippen LogP) is 8.55. The first kappa shape index (κ1) is 27.4. The van der Waals surface area contributed by atoms with Crippen molar-refractivity contribution in [1.29, 1.82) is 0 Å². The Morgan fingerprint density at radius 1 is 1.14 bits per heavy atom. The second kappa shape index (κ2) is 9.60. The summed E-state index contributed by atoms with van der Waals surface area (Å²) in [6, 6.07) is 0. The number of hydrogen-bond donors (Lipinski definition) is 0. The number of carbonyl (C=O) groups is 1. The summed E-state index contributed by atoms with van der Waals surface area (Å²) in [5, 5.41) is 0.269. The van der Waals surface area contributed by atoms with E-state index in [9.17, 15) is 4.79 Å². The van der Waals surface area contributed by atoms with Crippen LogP contribution in [0.25, 0.3) is 0 Å². The summed E-state index contributed by atoms with van der Waals surface area (Å²) in [4.78, 5) is 12.5. The third kappa shape index (κ3) is 4.73. The highest BCUT2D eigenvalue weighted by molar-refractivity contribution is 6.74. The van der Waals surface area contributed by atoms with E-state index >= 15 is 0 Å². The fourth-order valence-corrected chi connectivity index (χ4v) is 10.3. The lowest BCUT2D eigenvalue weighted by Gasteiger charge is -2.59. The molecule has 0 spiro atoms. The summed E-state index contributed by atoms with van der Waals surface area (Å²) in [5.41, 5.74) is 2.35. The lowest BCUT2D eigenvalue weighted by atomic mass is 9.46. The van der Waals surface area contributed by atoms with Crippen LogP contribution in [0.15, 0.2) is 11.6 Å². The van der Waals surface area contributed by atoms with E-state index in [2.05, 4.69) is 60.7 Å². The minimum absolute atomic E-state index is 0.0224. The Kier molecular flexibility index (Phi) is 7.52. The molecule has 0 N–H and O–H groups in total. The molecule has 4 aliphatic rings. The van der Waals surface area contributed by atoms with Crippen LogP contribution in [0.5, 0.6) is 0 Å². The van der Waals surface area contributed by atoms with Crippen molar-refractivity contribution in [2.45, 2.75) is 130 Å². The van der Waals surface area contributed by atoms with Crippen LogP contribution < -0.4 is 0 Å². The molecule has 0 aromatic heterocycles. The number of fused-ring (bicyclic) bond motifs is 5. The third-order valence-corrected chi connectivity index (χ3v) is 16.4. The Balaban J connectivity index is 1.54. The van der Waals surface area contributed by atoms with E-state index in [1.165, 1.54) is 44.9 Å². The lowest BCUT2D eigenvalue weighted by Crippen LogP contribution is -2.52. The molecule has 0 radical (unpaired) electrons. The number of rotatable bonds is 6. The van der Waals surface area contributed by atoms with Gasteiger partial charge in [0.1, 0.15) is 0 Å². The van der Waals surface area contributed by atoms with Gasteiger partial charge in [-0.25, -0.2) is 0 Å². The van der Waals surface area contributed by atoms with Gasteiger partial charge >= 0.3 is 5.97 Å². The van der Waals surface area contributed by atoms with Crippen LogP contribution in [-0.4, -0.2) is 27.0 Å². The van der Waals surface area contributed by atoms with Crippen molar-refractivity contribution in [2.24, 2.45) is 40.4 Å². The van der Waals surface area contributed by atoms with Gasteiger partial charge in [0.25, 0.3) is 0 Å². The molecule has 0 aromatic rings. The number of hydrogen-bond acceptors (Lipinski definition) is 3. The number of esters is 1. The van der Waals surface area contributed by atoms with Crippen LogP contribution in [0.1, 0.15) is 106 Å². The Labute approximate surface area is 217 Å². The van der Waals surface area contributed by atoms with E-state index < -0.39 is 8.32 Å². The van der Waals surface area contributed by atoms with Gasteiger partial charge in [-0.3, -0.25) is 4.79 Å². The summed E-state index contributed by atoms with van der Waals surface area (Å²) in [5.74, 6) is 3.59. The van der Waals surface area contributed by atoms with Crippen LogP contribution in [0.2, 0.25) is 18.1 Å². The highest BCUT2D eigenvalue weighted by Gasteiger charge is 2.61. The molecule has 4 rings (SSSR count). The molecule has 3 saturated carbocycles. The molecule has 2 unspecified atom stereocenters. The quantitative estimate of drug-likeness (QED) is 0.207. The molecule has 0 aliphatic heterocycles. The van der Waals surface area contributed by atoms with Crippen molar-refractivity contribution in [3.63, 3.8) is 0 Å². The van der Waals surface area contributed by atoms with Crippen LogP contribution in [0.4, 0.5) is 0 Å². The van der Waals surface area contributed by atoms with E-state index in [1.54, 1.807) is 5.57 Å². The van der Waals surface area contributed by atoms with Gasteiger partial charge < -0.3 is 9.16 Å². The Morgan fingerprint density at radius 3 is 2.49 bits per heavy atom. The Bertz CT molecular complexity index is 826. The molecule has 0 amide bonds. The molecule has 0 saturated heterocycles. The predicted molar refractivity (Wildman–Crippen MR) is 148 cm³/mol. The first-order valence-electron chi connectivity index (χ1n) is 14.8. The molecule has 0 bridgehead atoms. The van der Waals surface area contributed by atoms with Crippen molar-refractivity contribution in [3.05, 3.63) is 11.6 Å². The van der Waals surface area contributed by atoms with Gasteiger partial charge in [0, 0.05) is 12.5 Å². The highest BCUT2D eigenvalue weighted by Crippen LogP contribution is 2.68. The van der Waals surface area contributed by atoms with Gasteiger partial charge in [0.2, 0.25) is 0 Å². The summed E-state index contributed by atoms with van der Waals surface area (Å²) in [6.45, 7) is 21.8. The Morgan fingerprint density at radius 2 is 1.86 bits per heavy atom. The first-order valence-corrected chi connectivity index (χ1v) is 17.7. The van der Waals surface area contributed by atoms with Crippen molar-refractivity contribution in [2.75, 3.05) is 6.61 Å². The van der Waals surface area contributed by atoms with Gasteiger partial charge in [0.05, 0.1) is 6.61 Å². The Hall–Kier alpha value is -0.613. The molecule has 35 heavy (non-hydrogen) atoms. The average molecular weight is 503 g/mol. The maximum absolute atomic E-state index is 12.5. The molecular formula is C31H54O3Si. The van der Waals surface area contributed by atoms with Crippen LogP contribution in [0.3, 0.4) is 0 Å². The molecule has 8 atom stereocenters. The highest BCUT2D eigenvalue weighted by atomic mass is 28.4. The minimum Gasteiger partial charge on any atom is -0.466 e. The second-order valence-corrected chi connectivity index (χ2v) is 19.3. The van der Waals surface area contributed by atoms with E-state index in [1.807, 2.05) is 6.92 Å². The molecule has 4 heteroatoms. The molecule has 200 valence electrons. The van der Waals surface area contributed by atoms with Crippen molar-refractivity contribution in [1.82, 2.24) is 0 Å². The van der Waals surface area contributed by atoms with Gasteiger partial charge in [-0.1, -0.05) is 59.6 Å². The zero-order valence-corrected chi connectivity index (χ0v) is 25.3. The van der Waals surface area contributed by atoms with Gasteiger partial charge in [-0.15, -0.1) is 0 Å². The maximum Gasteiger partial charge on any atom is 0.306 e. The zero-order valence-electron chi connectivity index (χ0n) is 24.3. The van der Waals surface area contributed by atoms with Gasteiger partial charge in [-0.2, -0.15) is 0 Å². The first-order chi connectivity index (χ1) is 16.3. The van der Waals surface area contributed by atoms with Gasteiger partial charge in [0.15, 0.2) is 8.32 Å². The average Bonchev–Trinajstić information content (AvgIpc) is 3.04. The minimum atomic E-state index is -1.74. The van der Waals surface area contributed by atoms with Crippen LogP contribution in [0, 0.1) is 40.4 Å². The van der Waals surface area contributed by atoms with Crippen molar-refractivity contribution in [3.8, 4) is 0 Å². The maximum atomic E-state index is 12.5. The normalized spacial score (nSPS) is 41.5. The molecule has 3 nitrogen and oxygen atoms in total. The smallest absolute Gasteiger partial charge is 0.306 e. The molecular weight excluding hydrogens is 448 g/mol.